The van der Waals surface area contributed by atoms with Crippen molar-refractivity contribution in [3.05, 3.63) is 77.7 Å². The lowest BCUT2D eigenvalue weighted by molar-refractivity contribution is 0.0234. The third-order valence-electron chi connectivity index (χ3n) is 8.09. The van der Waals surface area contributed by atoms with Crippen molar-refractivity contribution in [1.82, 2.24) is 15.0 Å². The van der Waals surface area contributed by atoms with Gasteiger partial charge in [0.1, 0.15) is 6.61 Å². The average Bonchev–Trinajstić information content (AvgIpc) is 3.43. The Bertz CT molecular complexity index is 1510. The number of hydrogen-bond donors (Lipinski definition) is 1. The molecule has 1 atom stereocenters. The summed E-state index contributed by atoms with van der Waals surface area (Å²) in [5.74, 6) is 3.06. The van der Waals surface area contributed by atoms with Crippen molar-refractivity contribution < 1.29 is 18.8 Å². The van der Waals surface area contributed by atoms with Gasteiger partial charge in [-0.05, 0) is 92.2 Å². The Kier molecular flexibility index (Phi) is 7.26. The highest BCUT2D eigenvalue weighted by atomic mass is 16.5. The first kappa shape index (κ1) is 26.1. The largest absolute Gasteiger partial charge is 0.493 e. The number of anilines is 1. The fourth-order valence-corrected chi connectivity index (χ4v) is 5.86. The van der Waals surface area contributed by atoms with Crippen LogP contribution >= 0.6 is 0 Å². The second kappa shape index (κ2) is 11.1. The van der Waals surface area contributed by atoms with Gasteiger partial charge in [0.2, 0.25) is 11.7 Å². The molecule has 1 amide bonds. The highest BCUT2D eigenvalue weighted by Crippen LogP contribution is 2.35. The molecule has 3 aromatic carbocycles. The van der Waals surface area contributed by atoms with Gasteiger partial charge in [0.15, 0.2) is 11.5 Å². The molecule has 0 aliphatic carbocycles. The summed E-state index contributed by atoms with van der Waals surface area (Å²) in [4.78, 5) is 19.9. The number of fused-ring (bicyclic) bond motifs is 3. The number of piperidine rings is 3. The molecule has 3 aliphatic rings. The molecular weight excluding hydrogens is 504 g/mol. The second-order valence-electron chi connectivity index (χ2n) is 10.7. The van der Waals surface area contributed by atoms with Crippen LogP contribution in [0.1, 0.15) is 41.1 Å². The van der Waals surface area contributed by atoms with E-state index in [9.17, 15) is 4.79 Å². The SMILES string of the molecule is COc1ccc(NC(=O)c2ccc(-c3ccc(-c4noc(C)n4)cc3C)cc2)cc1OCC1CC2CCN1CC2. The number of aryl methyl sites for hydroxylation is 2. The maximum absolute atomic E-state index is 13.1. The van der Waals surface area contributed by atoms with E-state index in [-0.39, 0.29) is 5.91 Å². The first-order valence-corrected chi connectivity index (χ1v) is 13.8. The summed E-state index contributed by atoms with van der Waals surface area (Å²) in [6.07, 6.45) is 3.79. The van der Waals surface area contributed by atoms with Crippen molar-refractivity contribution in [1.29, 1.82) is 0 Å². The Morgan fingerprint density at radius 2 is 1.77 bits per heavy atom. The number of carbonyl (C=O) groups excluding carboxylic acids is 1. The van der Waals surface area contributed by atoms with Gasteiger partial charge in [-0.2, -0.15) is 4.98 Å². The minimum absolute atomic E-state index is 0.182. The van der Waals surface area contributed by atoms with Gasteiger partial charge in [-0.1, -0.05) is 29.4 Å². The molecule has 8 nitrogen and oxygen atoms in total. The van der Waals surface area contributed by atoms with Gasteiger partial charge < -0.3 is 19.3 Å². The molecule has 8 heteroatoms. The molecular formula is C32H34N4O4. The number of aromatic nitrogens is 2. The first-order chi connectivity index (χ1) is 19.5. The van der Waals surface area contributed by atoms with Crippen LogP contribution in [0.25, 0.3) is 22.5 Å². The zero-order valence-corrected chi connectivity index (χ0v) is 23.1. The molecule has 3 saturated heterocycles. The summed E-state index contributed by atoms with van der Waals surface area (Å²) < 4.78 is 16.9. The molecule has 1 unspecified atom stereocenters. The highest BCUT2D eigenvalue weighted by Gasteiger charge is 2.33. The van der Waals surface area contributed by atoms with E-state index < -0.39 is 0 Å². The maximum atomic E-state index is 13.1. The lowest BCUT2D eigenvalue weighted by atomic mass is 9.83. The third kappa shape index (κ3) is 5.45. The number of amides is 1. The number of methoxy groups -OCH3 is 1. The summed E-state index contributed by atoms with van der Waals surface area (Å²) in [7, 11) is 1.63. The van der Waals surface area contributed by atoms with E-state index in [1.54, 1.807) is 14.0 Å². The van der Waals surface area contributed by atoms with Crippen LogP contribution in [0.4, 0.5) is 5.69 Å². The van der Waals surface area contributed by atoms with Gasteiger partial charge in [-0.15, -0.1) is 0 Å². The van der Waals surface area contributed by atoms with Gasteiger partial charge in [0, 0.05) is 35.8 Å². The summed E-state index contributed by atoms with van der Waals surface area (Å²) in [6.45, 7) is 6.77. The zero-order valence-electron chi connectivity index (χ0n) is 23.1. The van der Waals surface area contributed by atoms with Crippen molar-refractivity contribution in [2.24, 2.45) is 5.92 Å². The number of nitrogens with one attached hydrogen (secondary N) is 1. The van der Waals surface area contributed by atoms with E-state index in [0.29, 0.717) is 47.1 Å². The molecule has 206 valence electrons. The second-order valence-corrected chi connectivity index (χ2v) is 10.7. The van der Waals surface area contributed by atoms with Crippen molar-refractivity contribution in [3.63, 3.8) is 0 Å². The molecule has 4 heterocycles. The Labute approximate surface area is 234 Å². The predicted molar refractivity (Wildman–Crippen MR) is 154 cm³/mol. The minimum atomic E-state index is -0.182. The summed E-state index contributed by atoms with van der Waals surface area (Å²) in [6, 6.07) is 19.6. The number of hydrogen-bond acceptors (Lipinski definition) is 7. The smallest absolute Gasteiger partial charge is 0.255 e. The number of rotatable bonds is 8. The Balaban J connectivity index is 1.12. The van der Waals surface area contributed by atoms with Crippen molar-refractivity contribution in [2.75, 3.05) is 32.1 Å². The normalized spacial score (nSPS) is 19.8. The van der Waals surface area contributed by atoms with Gasteiger partial charge in [0.05, 0.1) is 7.11 Å². The fourth-order valence-electron chi connectivity index (χ4n) is 5.86. The zero-order chi connectivity index (χ0) is 27.6. The molecule has 4 aromatic rings. The molecule has 0 radical (unpaired) electrons. The third-order valence-corrected chi connectivity index (χ3v) is 8.09. The molecule has 1 N–H and O–H groups in total. The molecule has 0 spiro atoms. The van der Waals surface area contributed by atoms with Crippen LogP contribution in [0.3, 0.4) is 0 Å². The quantitative estimate of drug-likeness (QED) is 0.288. The molecule has 40 heavy (non-hydrogen) atoms. The van der Waals surface area contributed by atoms with Crippen LogP contribution in [0.15, 0.2) is 65.2 Å². The van der Waals surface area contributed by atoms with Crippen LogP contribution in [0.2, 0.25) is 0 Å². The standard InChI is InChI=1S/C32H34N4O4/c1-20-16-25(31-33-21(2)40-35-31)8-10-28(20)23-4-6-24(7-5-23)32(37)34-26-9-11-29(38-3)30(18-26)39-19-27-17-22-12-14-36(27)15-13-22/h4-11,16,18,22,27H,12-15,17,19H2,1-3H3,(H,34,37). The van der Waals surface area contributed by atoms with Crippen molar-refractivity contribution in [3.8, 4) is 34.0 Å². The first-order valence-electron chi connectivity index (χ1n) is 13.8. The molecule has 7 rings (SSSR count). The van der Waals surface area contributed by atoms with E-state index in [4.69, 9.17) is 14.0 Å². The van der Waals surface area contributed by atoms with E-state index in [1.165, 1.54) is 19.3 Å². The summed E-state index contributed by atoms with van der Waals surface area (Å²) >= 11 is 0. The van der Waals surface area contributed by atoms with Crippen LogP contribution in [0.5, 0.6) is 11.5 Å². The van der Waals surface area contributed by atoms with Crippen LogP contribution in [-0.4, -0.2) is 53.8 Å². The molecule has 3 aliphatic heterocycles. The molecule has 3 fully saturated rings. The monoisotopic (exact) mass is 538 g/mol. The molecule has 0 saturated carbocycles. The Morgan fingerprint density at radius 3 is 2.42 bits per heavy atom. The summed E-state index contributed by atoms with van der Waals surface area (Å²) in [5, 5.41) is 7.01. The van der Waals surface area contributed by atoms with E-state index in [2.05, 4.69) is 20.4 Å². The predicted octanol–water partition coefficient (Wildman–Crippen LogP) is 6.14. The van der Waals surface area contributed by atoms with Gasteiger partial charge in [-0.3, -0.25) is 9.69 Å². The van der Waals surface area contributed by atoms with Gasteiger partial charge in [-0.25, -0.2) is 0 Å². The number of carbonyl (C=O) groups is 1. The topological polar surface area (TPSA) is 89.7 Å². The van der Waals surface area contributed by atoms with Gasteiger partial charge in [0.25, 0.3) is 5.91 Å². The molecule has 1 aromatic heterocycles. The lowest BCUT2D eigenvalue weighted by Gasteiger charge is -2.45. The van der Waals surface area contributed by atoms with Crippen LogP contribution in [-0.2, 0) is 0 Å². The number of ether oxygens (including phenoxy) is 2. The fraction of sp³-hybridized carbons (Fsp3) is 0.344. The van der Waals surface area contributed by atoms with Crippen molar-refractivity contribution >= 4 is 11.6 Å². The molecule has 2 bridgehead atoms. The van der Waals surface area contributed by atoms with Crippen LogP contribution in [0, 0.1) is 19.8 Å². The Hall–Kier alpha value is -4.17. The maximum Gasteiger partial charge on any atom is 0.255 e. The Morgan fingerprint density at radius 1 is 1.00 bits per heavy atom. The number of benzene rings is 3. The van der Waals surface area contributed by atoms with E-state index >= 15 is 0 Å². The van der Waals surface area contributed by atoms with Crippen LogP contribution < -0.4 is 14.8 Å². The van der Waals surface area contributed by atoms with Gasteiger partial charge >= 0.3 is 0 Å². The van der Waals surface area contributed by atoms with E-state index in [0.717, 1.165) is 41.3 Å². The van der Waals surface area contributed by atoms with E-state index in [1.807, 2.05) is 67.6 Å². The highest BCUT2D eigenvalue weighted by molar-refractivity contribution is 6.04. The minimum Gasteiger partial charge on any atom is -0.493 e. The number of nitrogens with zero attached hydrogens (tertiary/aromatic N) is 3. The summed E-state index contributed by atoms with van der Waals surface area (Å²) in [5.41, 5.74) is 5.33. The lowest BCUT2D eigenvalue weighted by Crippen LogP contribution is -2.51. The van der Waals surface area contributed by atoms with Crippen molar-refractivity contribution in [2.45, 2.75) is 39.2 Å². The average molecular weight is 539 g/mol.